The molecular weight excluding hydrogens is 260 g/mol. The van der Waals surface area contributed by atoms with Crippen LogP contribution >= 0.6 is 0 Å². The highest BCUT2D eigenvalue weighted by Gasteiger charge is 2.14. The Morgan fingerprint density at radius 3 is 2.19 bits per heavy atom. The van der Waals surface area contributed by atoms with E-state index in [1.807, 2.05) is 13.8 Å². The van der Waals surface area contributed by atoms with Gasteiger partial charge in [-0.2, -0.15) is 0 Å². The number of carboxylic acids is 1. The Morgan fingerprint density at radius 2 is 1.71 bits per heavy atom. The minimum absolute atomic E-state index is 0.833. The molecule has 1 aromatic rings. The molecule has 0 saturated carbocycles. The molecule has 0 aromatic heterocycles. The first kappa shape index (κ1) is 22.0. The number of hydrogen-bond acceptors (Lipinski definition) is 1. The van der Waals surface area contributed by atoms with E-state index in [1.165, 1.54) is 31.2 Å². The lowest BCUT2D eigenvalue weighted by Crippen LogP contribution is -2.11. The van der Waals surface area contributed by atoms with Crippen LogP contribution in [0.4, 0.5) is 0 Å². The molecule has 0 bridgehead atoms. The largest absolute Gasteiger partial charge is 0.481 e. The Morgan fingerprint density at radius 1 is 1.24 bits per heavy atom. The summed E-state index contributed by atoms with van der Waals surface area (Å²) >= 11 is 0. The first-order valence-electron chi connectivity index (χ1n) is 8.18. The summed E-state index contributed by atoms with van der Waals surface area (Å²) in [4.78, 5) is 9.00. The zero-order chi connectivity index (χ0) is 16.8. The van der Waals surface area contributed by atoms with Crippen LogP contribution in [0.5, 0.6) is 0 Å². The number of rotatable bonds is 0. The van der Waals surface area contributed by atoms with Gasteiger partial charge in [0.05, 0.1) is 0 Å². The van der Waals surface area contributed by atoms with Crippen molar-refractivity contribution >= 4 is 5.97 Å². The number of aliphatic carboxylic acids is 1. The van der Waals surface area contributed by atoms with Crippen molar-refractivity contribution < 1.29 is 9.90 Å². The van der Waals surface area contributed by atoms with Crippen molar-refractivity contribution in [3.05, 3.63) is 34.9 Å². The molecule has 1 atom stereocenters. The number of hydrogen-bond donors (Lipinski definition) is 1. The second-order valence-electron chi connectivity index (χ2n) is 5.35. The Labute approximate surface area is 131 Å². The van der Waals surface area contributed by atoms with Gasteiger partial charge in [-0.3, -0.25) is 4.79 Å². The highest BCUT2D eigenvalue weighted by molar-refractivity contribution is 5.62. The fourth-order valence-corrected chi connectivity index (χ4v) is 2.07. The third kappa shape index (κ3) is 12.2. The second kappa shape index (κ2) is 13.7. The Balaban J connectivity index is 0. The summed E-state index contributed by atoms with van der Waals surface area (Å²) in [5.74, 6) is 0.0549. The molecule has 2 heteroatoms. The van der Waals surface area contributed by atoms with E-state index in [4.69, 9.17) is 9.90 Å². The van der Waals surface area contributed by atoms with Crippen molar-refractivity contribution in [1.29, 1.82) is 0 Å². The Hall–Kier alpha value is -1.31. The predicted molar refractivity (Wildman–Crippen MR) is 93.0 cm³/mol. The van der Waals surface area contributed by atoms with E-state index in [0.29, 0.717) is 0 Å². The maximum atomic E-state index is 9.00. The Kier molecular flexibility index (Phi) is 14.3. The fourth-order valence-electron chi connectivity index (χ4n) is 2.07. The van der Waals surface area contributed by atoms with Crippen LogP contribution in [0.25, 0.3) is 0 Å². The van der Waals surface area contributed by atoms with E-state index in [-0.39, 0.29) is 0 Å². The average Bonchev–Trinajstić information content (AvgIpc) is 2.40. The van der Waals surface area contributed by atoms with Gasteiger partial charge in [0, 0.05) is 6.92 Å². The highest BCUT2D eigenvalue weighted by Crippen LogP contribution is 2.25. The molecule has 1 aromatic carbocycles. The van der Waals surface area contributed by atoms with Crippen molar-refractivity contribution in [3.8, 4) is 0 Å². The topological polar surface area (TPSA) is 37.3 Å². The van der Waals surface area contributed by atoms with Crippen LogP contribution in [0.15, 0.2) is 18.2 Å². The van der Waals surface area contributed by atoms with Crippen molar-refractivity contribution in [2.45, 2.75) is 74.1 Å². The van der Waals surface area contributed by atoms with Gasteiger partial charge < -0.3 is 5.11 Å². The zero-order valence-electron chi connectivity index (χ0n) is 15.0. The quantitative estimate of drug-likeness (QED) is 0.671. The van der Waals surface area contributed by atoms with Gasteiger partial charge in [0.15, 0.2) is 0 Å². The summed E-state index contributed by atoms with van der Waals surface area (Å²) in [5, 5.41) is 7.42. The molecule has 0 saturated heterocycles. The molecule has 0 fully saturated rings. The van der Waals surface area contributed by atoms with Gasteiger partial charge in [0.25, 0.3) is 5.97 Å². The van der Waals surface area contributed by atoms with Gasteiger partial charge in [-0.1, -0.05) is 64.8 Å². The average molecular weight is 294 g/mol. The summed E-state index contributed by atoms with van der Waals surface area (Å²) in [6.45, 7) is 13.9. The minimum atomic E-state index is -0.833. The number of carboxylic acid groups (broad SMARTS) is 1. The summed E-state index contributed by atoms with van der Waals surface area (Å²) in [6.07, 6.45) is 5.20. The number of carbonyl (C=O) groups is 1. The lowest BCUT2D eigenvalue weighted by atomic mass is 9.84. The smallest absolute Gasteiger partial charge is 0.300 e. The highest BCUT2D eigenvalue weighted by atomic mass is 16.4. The minimum Gasteiger partial charge on any atom is -0.481 e. The zero-order valence-corrected chi connectivity index (χ0v) is 15.0. The number of aryl methyl sites for hydroxylation is 2. The molecule has 122 valence electrons. The first-order valence-corrected chi connectivity index (χ1v) is 8.18. The third-order valence-corrected chi connectivity index (χ3v) is 2.84. The maximum Gasteiger partial charge on any atom is 0.300 e. The molecule has 2 nitrogen and oxygen atoms in total. The van der Waals surface area contributed by atoms with E-state index in [0.717, 1.165) is 12.8 Å². The summed E-state index contributed by atoms with van der Waals surface area (Å²) in [6, 6.07) is 6.89. The first-order chi connectivity index (χ1) is 9.90. The van der Waals surface area contributed by atoms with Crippen LogP contribution in [0.3, 0.4) is 0 Å². The molecule has 1 N–H and O–H groups in total. The van der Waals surface area contributed by atoms with Crippen LogP contribution in [0.2, 0.25) is 0 Å². The van der Waals surface area contributed by atoms with Crippen molar-refractivity contribution in [1.82, 2.24) is 0 Å². The van der Waals surface area contributed by atoms with Gasteiger partial charge in [0.2, 0.25) is 0 Å². The molecule has 0 radical (unpaired) electrons. The Bertz CT molecular complexity index is 379. The predicted octanol–water partition coefficient (Wildman–Crippen LogP) is 5.65. The number of fused-ring (bicyclic) bond motifs is 1. The third-order valence-electron chi connectivity index (χ3n) is 2.84. The normalized spacial score (nSPS) is 14.9. The van der Waals surface area contributed by atoms with Gasteiger partial charge in [-0.15, -0.1) is 0 Å². The maximum absolute atomic E-state index is 9.00. The van der Waals surface area contributed by atoms with Gasteiger partial charge in [-0.25, -0.2) is 0 Å². The molecule has 0 spiro atoms. The molecular formula is C19H34O2. The van der Waals surface area contributed by atoms with E-state index in [2.05, 4.69) is 45.9 Å². The van der Waals surface area contributed by atoms with Gasteiger partial charge >= 0.3 is 0 Å². The summed E-state index contributed by atoms with van der Waals surface area (Å²) < 4.78 is 0. The van der Waals surface area contributed by atoms with E-state index < -0.39 is 5.97 Å². The van der Waals surface area contributed by atoms with Crippen LogP contribution in [0.1, 0.15) is 71.1 Å². The van der Waals surface area contributed by atoms with Crippen molar-refractivity contribution in [2.75, 3.05) is 0 Å². The molecule has 0 aliphatic heterocycles. The standard InChI is InChI=1S/C12H16.C3H8.C2H4O2.C2H6/c1-9-3-5-11-6-4-10(2)8-12(11)7-9;1-3-2;1-2(3)4;1-2/h3,5,7,10H,4,6,8H2,1-2H3;3H2,1-2H3;1H3,(H,3,4);1-2H3. The van der Waals surface area contributed by atoms with Crippen molar-refractivity contribution in [3.63, 3.8) is 0 Å². The van der Waals surface area contributed by atoms with E-state index in [1.54, 1.807) is 11.1 Å². The van der Waals surface area contributed by atoms with Crippen LogP contribution in [-0.2, 0) is 17.6 Å². The lowest BCUT2D eigenvalue weighted by Gasteiger charge is -2.21. The van der Waals surface area contributed by atoms with Crippen molar-refractivity contribution in [2.24, 2.45) is 5.92 Å². The molecule has 1 aliphatic carbocycles. The molecule has 1 aliphatic rings. The fraction of sp³-hybridized carbons (Fsp3) is 0.632. The summed E-state index contributed by atoms with van der Waals surface area (Å²) in [5.41, 5.74) is 4.58. The van der Waals surface area contributed by atoms with Crippen LogP contribution in [0, 0.1) is 12.8 Å². The number of benzene rings is 1. The van der Waals surface area contributed by atoms with Gasteiger partial charge in [-0.05, 0) is 43.2 Å². The monoisotopic (exact) mass is 294 g/mol. The van der Waals surface area contributed by atoms with E-state index >= 15 is 0 Å². The summed E-state index contributed by atoms with van der Waals surface area (Å²) in [7, 11) is 0. The van der Waals surface area contributed by atoms with E-state index in [9.17, 15) is 0 Å². The molecule has 0 amide bonds. The lowest BCUT2D eigenvalue weighted by molar-refractivity contribution is -0.134. The SMILES string of the molecule is CC.CC(=O)O.CCC.Cc1ccc2c(c1)CC(C)CC2. The molecule has 21 heavy (non-hydrogen) atoms. The van der Waals surface area contributed by atoms with Crippen LogP contribution < -0.4 is 0 Å². The molecule has 2 rings (SSSR count). The van der Waals surface area contributed by atoms with Crippen LogP contribution in [-0.4, -0.2) is 11.1 Å². The molecule has 1 unspecified atom stereocenters. The second-order valence-corrected chi connectivity index (χ2v) is 5.35. The van der Waals surface area contributed by atoms with Gasteiger partial charge in [0.1, 0.15) is 0 Å². The molecule has 0 heterocycles.